The van der Waals surface area contributed by atoms with E-state index in [2.05, 4.69) is 0 Å². The second-order valence-electron chi connectivity index (χ2n) is 3.93. The maximum Gasteiger partial charge on any atom is 0.372 e. The zero-order chi connectivity index (χ0) is 15.0. The molecule has 0 aliphatic carbocycles. The van der Waals surface area contributed by atoms with Gasteiger partial charge in [-0.1, -0.05) is 0 Å². The Labute approximate surface area is 119 Å². The number of carbonyl (C=O) groups excluding carboxylic acids is 1. The van der Waals surface area contributed by atoms with E-state index in [4.69, 9.17) is 18.9 Å². The van der Waals surface area contributed by atoms with Crippen LogP contribution in [0, 0.1) is 0 Å². The van der Waals surface area contributed by atoms with Crippen LogP contribution in [0.3, 0.4) is 0 Å². The van der Waals surface area contributed by atoms with Gasteiger partial charge in [0.1, 0.15) is 5.75 Å². The van der Waals surface area contributed by atoms with E-state index >= 15 is 0 Å². The first kappa shape index (κ1) is 16.5. The Balaban J connectivity index is 3.20. The predicted molar refractivity (Wildman–Crippen MR) is 74.6 cm³/mol. The molecule has 0 N–H and O–H groups in total. The molecule has 0 atom stereocenters. The highest BCUT2D eigenvalue weighted by Crippen LogP contribution is 2.30. The lowest BCUT2D eigenvalue weighted by Crippen LogP contribution is -2.43. The van der Waals surface area contributed by atoms with E-state index in [0.717, 1.165) is 0 Å². The van der Waals surface area contributed by atoms with Crippen LogP contribution in [0.2, 0.25) is 0 Å². The van der Waals surface area contributed by atoms with E-state index < -0.39 is 11.8 Å². The van der Waals surface area contributed by atoms with Gasteiger partial charge in [0.05, 0.1) is 13.7 Å². The molecule has 0 heterocycles. The maximum atomic E-state index is 12.3. The molecule has 1 aromatic rings. The quantitative estimate of drug-likeness (QED) is 0.541. The van der Waals surface area contributed by atoms with Gasteiger partial charge in [0, 0.05) is 18.8 Å². The number of ether oxygens (including phenoxy) is 4. The van der Waals surface area contributed by atoms with Crippen molar-refractivity contribution >= 4 is 5.97 Å². The van der Waals surface area contributed by atoms with Crippen molar-refractivity contribution in [2.75, 3.05) is 26.9 Å². The summed E-state index contributed by atoms with van der Waals surface area (Å²) < 4.78 is 21.4. The molecule has 0 aliphatic rings. The topological polar surface area (TPSA) is 54.0 Å². The van der Waals surface area contributed by atoms with Crippen LogP contribution < -0.4 is 4.74 Å². The summed E-state index contributed by atoms with van der Waals surface area (Å²) in [5, 5.41) is 0. The van der Waals surface area contributed by atoms with E-state index in [1.165, 1.54) is 0 Å². The van der Waals surface area contributed by atoms with Crippen LogP contribution in [0.25, 0.3) is 0 Å². The molecule has 0 amide bonds. The smallest absolute Gasteiger partial charge is 0.372 e. The molecule has 0 unspecified atom stereocenters. The summed E-state index contributed by atoms with van der Waals surface area (Å²) in [6, 6.07) is 6.98. The van der Waals surface area contributed by atoms with Crippen LogP contribution in [0.4, 0.5) is 0 Å². The van der Waals surface area contributed by atoms with Crippen molar-refractivity contribution in [1.82, 2.24) is 0 Å². The minimum absolute atomic E-state index is 0.261. The zero-order valence-electron chi connectivity index (χ0n) is 12.5. The Morgan fingerprint density at radius 2 is 1.55 bits per heavy atom. The third-order valence-electron chi connectivity index (χ3n) is 2.71. The van der Waals surface area contributed by atoms with Gasteiger partial charge in [0.2, 0.25) is 0 Å². The van der Waals surface area contributed by atoms with E-state index in [0.29, 0.717) is 24.5 Å². The number of carbonyl (C=O) groups is 1. The fourth-order valence-corrected chi connectivity index (χ4v) is 1.89. The Hall–Kier alpha value is -1.59. The summed E-state index contributed by atoms with van der Waals surface area (Å²) in [5.74, 6) is -1.38. The zero-order valence-corrected chi connectivity index (χ0v) is 12.5. The van der Waals surface area contributed by atoms with Crippen molar-refractivity contribution in [2.45, 2.75) is 26.6 Å². The monoisotopic (exact) mass is 282 g/mol. The second kappa shape index (κ2) is 7.87. The molecule has 0 bridgehead atoms. The molecule has 0 spiro atoms. The lowest BCUT2D eigenvalue weighted by atomic mass is 10.1. The first-order chi connectivity index (χ1) is 9.64. The van der Waals surface area contributed by atoms with Gasteiger partial charge in [-0.25, -0.2) is 4.79 Å². The first-order valence-electron chi connectivity index (χ1n) is 6.74. The van der Waals surface area contributed by atoms with Crippen molar-refractivity contribution in [3.8, 4) is 5.75 Å². The van der Waals surface area contributed by atoms with Crippen LogP contribution >= 0.6 is 0 Å². The summed E-state index contributed by atoms with van der Waals surface area (Å²) in [6.45, 7) is 6.26. The van der Waals surface area contributed by atoms with Gasteiger partial charge < -0.3 is 18.9 Å². The first-order valence-corrected chi connectivity index (χ1v) is 6.74. The fraction of sp³-hybridized carbons (Fsp3) is 0.533. The highest BCUT2D eigenvalue weighted by Gasteiger charge is 2.44. The fourth-order valence-electron chi connectivity index (χ4n) is 1.89. The van der Waals surface area contributed by atoms with Gasteiger partial charge in [-0.05, 0) is 45.0 Å². The van der Waals surface area contributed by atoms with Crippen LogP contribution in [0.1, 0.15) is 26.3 Å². The largest absolute Gasteiger partial charge is 0.497 e. The minimum Gasteiger partial charge on any atom is -0.497 e. The molecular weight excluding hydrogens is 260 g/mol. The number of benzene rings is 1. The van der Waals surface area contributed by atoms with Crippen molar-refractivity contribution in [3.63, 3.8) is 0 Å². The Morgan fingerprint density at radius 3 is 1.95 bits per heavy atom. The van der Waals surface area contributed by atoms with Crippen LogP contribution in [-0.2, 0) is 24.8 Å². The molecule has 0 saturated heterocycles. The molecule has 5 nitrogen and oxygen atoms in total. The van der Waals surface area contributed by atoms with Crippen LogP contribution in [0.15, 0.2) is 24.3 Å². The number of hydrogen-bond donors (Lipinski definition) is 0. The summed E-state index contributed by atoms with van der Waals surface area (Å²) in [7, 11) is 1.58. The van der Waals surface area contributed by atoms with Gasteiger partial charge in [-0.3, -0.25) is 0 Å². The lowest BCUT2D eigenvalue weighted by molar-refractivity contribution is -0.252. The van der Waals surface area contributed by atoms with Gasteiger partial charge in [0.25, 0.3) is 5.79 Å². The van der Waals surface area contributed by atoms with Gasteiger partial charge >= 0.3 is 5.97 Å². The molecule has 5 heteroatoms. The SMILES string of the molecule is CCOC(=O)C(OCC)(OCC)c1ccc(OC)cc1. The van der Waals surface area contributed by atoms with E-state index in [1.807, 2.05) is 0 Å². The van der Waals surface area contributed by atoms with Crippen molar-refractivity contribution in [3.05, 3.63) is 29.8 Å². The van der Waals surface area contributed by atoms with Gasteiger partial charge in [0.15, 0.2) is 0 Å². The van der Waals surface area contributed by atoms with Gasteiger partial charge in [-0.2, -0.15) is 0 Å². The van der Waals surface area contributed by atoms with Crippen LogP contribution in [0.5, 0.6) is 5.75 Å². The van der Waals surface area contributed by atoms with Gasteiger partial charge in [-0.15, -0.1) is 0 Å². The lowest BCUT2D eigenvalue weighted by Gasteiger charge is -2.31. The van der Waals surface area contributed by atoms with Crippen molar-refractivity contribution in [2.24, 2.45) is 0 Å². The predicted octanol–water partition coefficient (Wildman–Crippen LogP) is 2.48. The average Bonchev–Trinajstić information content (AvgIpc) is 2.47. The molecule has 1 rings (SSSR count). The second-order valence-corrected chi connectivity index (χ2v) is 3.93. The third-order valence-corrected chi connectivity index (χ3v) is 2.71. The third kappa shape index (κ3) is 3.49. The van der Waals surface area contributed by atoms with E-state index in [9.17, 15) is 4.79 Å². The highest BCUT2D eigenvalue weighted by atomic mass is 16.7. The summed E-state index contributed by atoms with van der Waals surface area (Å²) >= 11 is 0. The van der Waals surface area contributed by atoms with E-state index in [-0.39, 0.29) is 6.61 Å². The molecule has 0 saturated carbocycles. The summed E-state index contributed by atoms with van der Waals surface area (Å²) in [4.78, 5) is 12.3. The minimum atomic E-state index is -1.52. The van der Waals surface area contributed by atoms with Crippen molar-refractivity contribution in [1.29, 1.82) is 0 Å². The molecule has 0 aliphatic heterocycles. The summed E-state index contributed by atoms with van der Waals surface area (Å²) in [5.41, 5.74) is 0.584. The van der Waals surface area contributed by atoms with Crippen LogP contribution in [-0.4, -0.2) is 32.9 Å². The Morgan fingerprint density at radius 1 is 1.00 bits per heavy atom. The molecule has 20 heavy (non-hydrogen) atoms. The number of methoxy groups -OCH3 is 1. The average molecular weight is 282 g/mol. The molecule has 0 radical (unpaired) electrons. The van der Waals surface area contributed by atoms with E-state index in [1.54, 1.807) is 52.1 Å². The van der Waals surface area contributed by atoms with Crippen molar-refractivity contribution < 1.29 is 23.7 Å². The molecule has 0 fully saturated rings. The number of hydrogen-bond acceptors (Lipinski definition) is 5. The standard InChI is InChI=1S/C15H22O5/c1-5-18-14(16)15(19-6-2,20-7-3)12-8-10-13(17-4)11-9-12/h8-11H,5-7H2,1-4H3. The number of rotatable bonds is 8. The molecule has 112 valence electrons. The Kier molecular flexibility index (Phi) is 6.48. The normalized spacial score (nSPS) is 11.2. The summed E-state index contributed by atoms with van der Waals surface area (Å²) in [6.07, 6.45) is 0. The highest BCUT2D eigenvalue weighted by molar-refractivity contribution is 5.79. The maximum absolute atomic E-state index is 12.3. The Bertz CT molecular complexity index is 407. The molecular formula is C15H22O5. The number of esters is 1. The molecule has 0 aromatic heterocycles. The molecule has 1 aromatic carbocycles.